The summed E-state index contributed by atoms with van der Waals surface area (Å²) in [6.45, 7) is 2.10. The Hall–Kier alpha value is -2.01. The van der Waals surface area contributed by atoms with Crippen LogP contribution in [0, 0.1) is 0 Å². The van der Waals surface area contributed by atoms with Gasteiger partial charge in [0.1, 0.15) is 0 Å². The average molecular weight is 270 g/mol. The monoisotopic (exact) mass is 270 g/mol. The highest BCUT2D eigenvalue weighted by atomic mass is 32.1. The molecule has 0 saturated heterocycles. The highest BCUT2D eigenvalue weighted by Gasteiger charge is 2.09. The van der Waals surface area contributed by atoms with Crippen LogP contribution in [0.4, 0.5) is 5.13 Å². The first-order chi connectivity index (χ1) is 9.26. The summed E-state index contributed by atoms with van der Waals surface area (Å²) >= 11 is 1.57. The fourth-order valence-corrected chi connectivity index (χ4v) is 3.08. The molecule has 3 rings (SSSR count). The lowest BCUT2D eigenvalue weighted by Gasteiger charge is -2.02. The smallest absolute Gasteiger partial charge is 0.180 e. The summed E-state index contributed by atoms with van der Waals surface area (Å²) in [6.07, 6.45) is 5.19. The highest BCUT2D eigenvalue weighted by Crippen LogP contribution is 2.24. The van der Waals surface area contributed by atoms with Gasteiger partial charge in [-0.2, -0.15) is 0 Å². The standard InChI is InChI=1S/C14H14N4S/c1-2-10-13(19-14(15)18-10)8-9-3-4-11-12(7-9)17-6-5-16-11/h3-7H,2,8H2,1H3,(H2,15,18). The first kappa shape index (κ1) is 12.0. The molecule has 0 aliphatic carbocycles. The van der Waals surface area contributed by atoms with Gasteiger partial charge in [0.25, 0.3) is 0 Å². The van der Waals surface area contributed by atoms with E-state index in [1.165, 1.54) is 10.4 Å². The minimum Gasteiger partial charge on any atom is -0.375 e. The van der Waals surface area contributed by atoms with Gasteiger partial charge < -0.3 is 5.73 Å². The molecule has 0 fully saturated rings. The molecular formula is C14H14N4S. The van der Waals surface area contributed by atoms with E-state index in [-0.39, 0.29) is 0 Å². The Morgan fingerprint density at radius 2 is 1.95 bits per heavy atom. The zero-order chi connectivity index (χ0) is 13.2. The normalized spacial score (nSPS) is 11.0. The van der Waals surface area contributed by atoms with E-state index in [4.69, 9.17) is 5.73 Å². The molecule has 2 heterocycles. The maximum absolute atomic E-state index is 5.78. The molecule has 4 nitrogen and oxygen atoms in total. The second-order valence-electron chi connectivity index (χ2n) is 4.33. The second-order valence-corrected chi connectivity index (χ2v) is 5.45. The lowest BCUT2D eigenvalue weighted by atomic mass is 10.1. The maximum Gasteiger partial charge on any atom is 0.180 e. The molecule has 3 aromatic rings. The molecule has 19 heavy (non-hydrogen) atoms. The van der Waals surface area contributed by atoms with E-state index < -0.39 is 0 Å². The van der Waals surface area contributed by atoms with Crippen molar-refractivity contribution in [3.8, 4) is 0 Å². The quantitative estimate of drug-likeness (QED) is 0.794. The van der Waals surface area contributed by atoms with Crippen molar-refractivity contribution in [1.29, 1.82) is 0 Å². The summed E-state index contributed by atoms with van der Waals surface area (Å²) in [5.74, 6) is 0. The zero-order valence-corrected chi connectivity index (χ0v) is 11.4. The lowest BCUT2D eigenvalue weighted by molar-refractivity contribution is 1.02. The lowest BCUT2D eigenvalue weighted by Crippen LogP contribution is -1.92. The molecule has 0 aliphatic rings. The molecule has 0 atom stereocenters. The van der Waals surface area contributed by atoms with Crippen LogP contribution in [-0.4, -0.2) is 15.0 Å². The molecule has 0 amide bonds. The molecule has 0 bridgehead atoms. The number of aromatic nitrogens is 3. The van der Waals surface area contributed by atoms with Crippen molar-refractivity contribution in [2.45, 2.75) is 19.8 Å². The minimum atomic E-state index is 0.646. The summed E-state index contributed by atoms with van der Waals surface area (Å²) < 4.78 is 0. The Kier molecular flexibility index (Phi) is 3.13. The van der Waals surface area contributed by atoms with Crippen LogP contribution in [0.25, 0.3) is 11.0 Å². The van der Waals surface area contributed by atoms with E-state index in [1.807, 2.05) is 6.07 Å². The molecule has 2 N–H and O–H groups in total. The Labute approximate surface area is 115 Å². The molecule has 0 saturated carbocycles. The van der Waals surface area contributed by atoms with Crippen LogP contribution in [-0.2, 0) is 12.8 Å². The number of hydrogen-bond donors (Lipinski definition) is 1. The van der Waals surface area contributed by atoms with Crippen molar-refractivity contribution in [1.82, 2.24) is 15.0 Å². The minimum absolute atomic E-state index is 0.646. The Bertz CT molecular complexity index is 720. The van der Waals surface area contributed by atoms with Gasteiger partial charge in [-0.1, -0.05) is 13.0 Å². The number of thiazole rings is 1. The Balaban J connectivity index is 1.96. The van der Waals surface area contributed by atoms with Gasteiger partial charge in [-0.15, -0.1) is 11.3 Å². The molecule has 0 aliphatic heterocycles. The van der Waals surface area contributed by atoms with Crippen molar-refractivity contribution in [3.63, 3.8) is 0 Å². The third-order valence-corrected chi connectivity index (χ3v) is 3.95. The van der Waals surface area contributed by atoms with Gasteiger partial charge >= 0.3 is 0 Å². The molecule has 0 radical (unpaired) electrons. The Morgan fingerprint density at radius 3 is 2.74 bits per heavy atom. The fraction of sp³-hybridized carbons (Fsp3) is 0.214. The zero-order valence-electron chi connectivity index (χ0n) is 10.6. The number of rotatable bonds is 3. The molecule has 0 spiro atoms. The highest BCUT2D eigenvalue weighted by molar-refractivity contribution is 7.15. The molecule has 96 valence electrons. The molecule has 1 aromatic carbocycles. The molecule has 5 heteroatoms. The summed E-state index contributed by atoms with van der Waals surface area (Å²) in [4.78, 5) is 14.2. The van der Waals surface area contributed by atoms with Gasteiger partial charge in [-0.25, -0.2) is 4.98 Å². The van der Waals surface area contributed by atoms with E-state index in [9.17, 15) is 0 Å². The van der Waals surface area contributed by atoms with Gasteiger partial charge in [-0.05, 0) is 24.1 Å². The van der Waals surface area contributed by atoms with E-state index in [1.54, 1.807) is 23.7 Å². The maximum atomic E-state index is 5.78. The number of benzene rings is 1. The van der Waals surface area contributed by atoms with Crippen LogP contribution in [0.15, 0.2) is 30.6 Å². The van der Waals surface area contributed by atoms with Crippen LogP contribution in [0.5, 0.6) is 0 Å². The number of nitrogen functional groups attached to an aromatic ring is 1. The van der Waals surface area contributed by atoms with Crippen molar-refractivity contribution in [2.24, 2.45) is 0 Å². The second kappa shape index (κ2) is 4.93. The first-order valence-electron chi connectivity index (χ1n) is 6.20. The van der Waals surface area contributed by atoms with E-state index in [2.05, 4.69) is 34.0 Å². The third kappa shape index (κ3) is 2.42. The topological polar surface area (TPSA) is 64.7 Å². The van der Waals surface area contributed by atoms with Crippen molar-refractivity contribution >= 4 is 27.5 Å². The summed E-state index contributed by atoms with van der Waals surface area (Å²) in [5.41, 5.74) is 9.95. The number of fused-ring (bicyclic) bond motifs is 1. The van der Waals surface area contributed by atoms with Crippen LogP contribution < -0.4 is 5.73 Å². The van der Waals surface area contributed by atoms with Crippen molar-refractivity contribution in [3.05, 3.63) is 46.7 Å². The third-order valence-electron chi connectivity index (χ3n) is 3.03. The van der Waals surface area contributed by atoms with Crippen LogP contribution >= 0.6 is 11.3 Å². The largest absolute Gasteiger partial charge is 0.375 e. The van der Waals surface area contributed by atoms with Gasteiger partial charge in [0, 0.05) is 23.7 Å². The SMILES string of the molecule is CCc1nc(N)sc1Cc1ccc2nccnc2c1. The molecular weight excluding hydrogens is 256 g/mol. The number of nitrogens with two attached hydrogens (primary N) is 1. The van der Waals surface area contributed by atoms with Gasteiger partial charge in [0.05, 0.1) is 16.7 Å². The summed E-state index contributed by atoms with van der Waals surface area (Å²) in [5, 5.41) is 0.646. The molecule has 0 unspecified atom stereocenters. The summed E-state index contributed by atoms with van der Waals surface area (Å²) in [7, 11) is 0. The predicted molar refractivity (Wildman–Crippen MR) is 78.2 cm³/mol. The predicted octanol–water partition coefficient (Wildman–Crippen LogP) is 2.82. The van der Waals surface area contributed by atoms with Gasteiger partial charge in [-0.3, -0.25) is 9.97 Å². The van der Waals surface area contributed by atoms with Gasteiger partial charge in [0.15, 0.2) is 5.13 Å². The summed E-state index contributed by atoms with van der Waals surface area (Å²) in [6, 6.07) is 6.18. The number of hydrogen-bond acceptors (Lipinski definition) is 5. The fourth-order valence-electron chi connectivity index (χ4n) is 2.12. The number of anilines is 1. The number of nitrogens with zero attached hydrogens (tertiary/aromatic N) is 3. The van der Waals surface area contributed by atoms with E-state index in [0.29, 0.717) is 5.13 Å². The van der Waals surface area contributed by atoms with Crippen LogP contribution in [0.3, 0.4) is 0 Å². The van der Waals surface area contributed by atoms with Gasteiger partial charge in [0.2, 0.25) is 0 Å². The van der Waals surface area contributed by atoms with E-state index in [0.717, 1.165) is 29.6 Å². The Morgan fingerprint density at radius 1 is 1.16 bits per heavy atom. The first-order valence-corrected chi connectivity index (χ1v) is 7.01. The van der Waals surface area contributed by atoms with Crippen molar-refractivity contribution in [2.75, 3.05) is 5.73 Å². The van der Waals surface area contributed by atoms with Crippen LogP contribution in [0.1, 0.15) is 23.1 Å². The van der Waals surface area contributed by atoms with Crippen molar-refractivity contribution < 1.29 is 0 Å². The van der Waals surface area contributed by atoms with E-state index >= 15 is 0 Å². The number of aryl methyl sites for hydroxylation is 1. The molecule has 2 aromatic heterocycles. The average Bonchev–Trinajstić information content (AvgIpc) is 2.78. The van der Waals surface area contributed by atoms with Crippen LogP contribution in [0.2, 0.25) is 0 Å².